The van der Waals surface area contributed by atoms with E-state index >= 15 is 0 Å². The Balaban J connectivity index is 3.63. The van der Waals surface area contributed by atoms with E-state index in [0.29, 0.717) is 19.8 Å². The minimum atomic E-state index is -0.191. The summed E-state index contributed by atoms with van der Waals surface area (Å²) in [4.78, 5) is 0. The van der Waals surface area contributed by atoms with Crippen molar-refractivity contribution in [3.8, 4) is 0 Å². The van der Waals surface area contributed by atoms with Crippen molar-refractivity contribution in [2.24, 2.45) is 0 Å². The van der Waals surface area contributed by atoms with Gasteiger partial charge in [0.25, 0.3) is 0 Å². The molecule has 0 spiro atoms. The molecular formula is C9H20O3. The summed E-state index contributed by atoms with van der Waals surface area (Å²) in [5.41, 5.74) is -0.191. The van der Waals surface area contributed by atoms with Crippen LogP contribution in [-0.4, -0.2) is 37.1 Å². The van der Waals surface area contributed by atoms with Gasteiger partial charge < -0.3 is 14.6 Å². The minimum absolute atomic E-state index is 0.0753. The Morgan fingerprint density at radius 1 is 1.33 bits per heavy atom. The summed E-state index contributed by atoms with van der Waals surface area (Å²) in [5.74, 6) is 0. The van der Waals surface area contributed by atoms with Gasteiger partial charge in [0.05, 0.1) is 25.4 Å². The molecule has 0 aliphatic carbocycles. The fourth-order valence-corrected chi connectivity index (χ4v) is 0.947. The highest BCUT2D eigenvalue weighted by Gasteiger charge is 2.21. The van der Waals surface area contributed by atoms with E-state index in [1.165, 1.54) is 0 Å². The van der Waals surface area contributed by atoms with Gasteiger partial charge in [-0.3, -0.25) is 0 Å². The van der Waals surface area contributed by atoms with Crippen molar-refractivity contribution in [2.75, 3.05) is 26.4 Å². The zero-order valence-electron chi connectivity index (χ0n) is 8.30. The Bertz CT molecular complexity index is 106. The lowest BCUT2D eigenvalue weighted by molar-refractivity contribution is -0.0878. The molecule has 0 aliphatic heterocycles. The Hall–Kier alpha value is -0.120. The van der Waals surface area contributed by atoms with E-state index in [4.69, 9.17) is 14.6 Å². The Labute approximate surface area is 74.7 Å². The van der Waals surface area contributed by atoms with Crippen molar-refractivity contribution in [3.05, 3.63) is 0 Å². The maximum Gasteiger partial charge on any atom is 0.0884 e. The van der Waals surface area contributed by atoms with E-state index in [0.717, 1.165) is 6.42 Å². The molecule has 12 heavy (non-hydrogen) atoms. The van der Waals surface area contributed by atoms with Crippen LogP contribution >= 0.6 is 0 Å². The first-order valence-corrected chi connectivity index (χ1v) is 4.51. The van der Waals surface area contributed by atoms with Gasteiger partial charge in [0.1, 0.15) is 0 Å². The summed E-state index contributed by atoms with van der Waals surface area (Å²) in [6.07, 6.45) is 0.923. The fourth-order valence-electron chi connectivity index (χ4n) is 0.947. The summed E-state index contributed by atoms with van der Waals surface area (Å²) < 4.78 is 10.7. The van der Waals surface area contributed by atoms with Crippen LogP contribution in [0.3, 0.4) is 0 Å². The van der Waals surface area contributed by atoms with E-state index in [9.17, 15) is 0 Å². The van der Waals surface area contributed by atoms with Crippen molar-refractivity contribution in [1.82, 2.24) is 0 Å². The number of aliphatic hydroxyl groups is 1. The van der Waals surface area contributed by atoms with E-state index < -0.39 is 0 Å². The van der Waals surface area contributed by atoms with E-state index in [-0.39, 0.29) is 12.2 Å². The molecule has 3 heteroatoms. The molecule has 0 saturated carbocycles. The average Bonchev–Trinajstić information content (AvgIpc) is 2.06. The smallest absolute Gasteiger partial charge is 0.0884 e. The van der Waals surface area contributed by atoms with Crippen molar-refractivity contribution in [3.63, 3.8) is 0 Å². The number of rotatable bonds is 7. The molecule has 0 heterocycles. The molecule has 1 atom stereocenters. The predicted octanol–water partition coefficient (Wildman–Crippen LogP) is 1.20. The van der Waals surface area contributed by atoms with Crippen LogP contribution in [0.2, 0.25) is 0 Å². The van der Waals surface area contributed by atoms with Crippen LogP contribution in [-0.2, 0) is 9.47 Å². The Morgan fingerprint density at radius 3 is 2.42 bits per heavy atom. The van der Waals surface area contributed by atoms with Gasteiger partial charge >= 0.3 is 0 Å². The molecule has 0 aromatic heterocycles. The quantitative estimate of drug-likeness (QED) is 0.592. The summed E-state index contributed by atoms with van der Waals surface area (Å²) in [6.45, 7) is 7.78. The van der Waals surface area contributed by atoms with Crippen LogP contribution in [0.5, 0.6) is 0 Å². The summed E-state index contributed by atoms with van der Waals surface area (Å²) >= 11 is 0. The highest BCUT2D eigenvalue weighted by molar-refractivity contribution is 4.72. The van der Waals surface area contributed by atoms with Crippen LogP contribution in [0.4, 0.5) is 0 Å². The van der Waals surface area contributed by atoms with Crippen LogP contribution in [0.1, 0.15) is 27.2 Å². The zero-order chi connectivity index (χ0) is 9.45. The van der Waals surface area contributed by atoms with Gasteiger partial charge in [0.15, 0.2) is 0 Å². The number of hydrogen-bond acceptors (Lipinski definition) is 3. The summed E-state index contributed by atoms with van der Waals surface area (Å²) in [6, 6.07) is 0. The van der Waals surface area contributed by atoms with Gasteiger partial charge in [-0.25, -0.2) is 0 Å². The maximum absolute atomic E-state index is 8.50. The van der Waals surface area contributed by atoms with E-state index in [1.807, 2.05) is 13.8 Å². The highest BCUT2D eigenvalue weighted by Crippen LogP contribution is 2.15. The normalized spacial score (nSPS) is 16.0. The third-order valence-corrected chi connectivity index (χ3v) is 1.88. The standard InChI is InChI=1S/C9H20O3/c1-4-9(3,12-5-2)8-11-7-6-10/h10H,4-8H2,1-3H3. The lowest BCUT2D eigenvalue weighted by Gasteiger charge is -2.27. The molecule has 0 aromatic rings. The molecule has 0 aromatic carbocycles. The van der Waals surface area contributed by atoms with Crippen molar-refractivity contribution in [2.45, 2.75) is 32.8 Å². The molecule has 3 nitrogen and oxygen atoms in total. The molecule has 0 saturated heterocycles. The molecule has 0 amide bonds. The second kappa shape index (κ2) is 6.40. The molecule has 1 unspecified atom stereocenters. The molecule has 74 valence electrons. The Morgan fingerprint density at radius 2 is 2.00 bits per heavy atom. The average molecular weight is 176 g/mol. The van der Waals surface area contributed by atoms with Crippen molar-refractivity contribution < 1.29 is 14.6 Å². The van der Waals surface area contributed by atoms with Crippen LogP contribution in [0.25, 0.3) is 0 Å². The van der Waals surface area contributed by atoms with Crippen molar-refractivity contribution in [1.29, 1.82) is 0 Å². The van der Waals surface area contributed by atoms with Gasteiger partial charge in [0, 0.05) is 6.61 Å². The first kappa shape index (κ1) is 11.9. The zero-order valence-corrected chi connectivity index (χ0v) is 8.30. The fraction of sp³-hybridized carbons (Fsp3) is 1.00. The number of aliphatic hydroxyl groups excluding tert-OH is 1. The second-order valence-electron chi connectivity index (χ2n) is 3.01. The molecule has 0 fully saturated rings. The van der Waals surface area contributed by atoms with Gasteiger partial charge in [0.2, 0.25) is 0 Å². The largest absolute Gasteiger partial charge is 0.394 e. The van der Waals surface area contributed by atoms with Gasteiger partial charge in [-0.15, -0.1) is 0 Å². The van der Waals surface area contributed by atoms with Gasteiger partial charge in [-0.05, 0) is 20.3 Å². The predicted molar refractivity (Wildman–Crippen MR) is 48.2 cm³/mol. The number of hydrogen-bond donors (Lipinski definition) is 1. The van der Waals surface area contributed by atoms with Gasteiger partial charge in [-0.2, -0.15) is 0 Å². The van der Waals surface area contributed by atoms with Crippen LogP contribution in [0, 0.1) is 0 Å². The highest BCUT2D eigenvalue weighted by atomic mass is 16.5. The SMILES string of the molecule is CCOC(C)(CC)COCCO. The molecule has 0 radical (unpaired) electrons. The van der Waals surface area contributed by atoms with Crippen LogP contribution in [0.15, 0.2) is 0 Å². The minimum Gasteiger partial charge on any atom is -0.394 e. The first-order valence-electron chi connectivity index (χ1n) is 4.51. The topological polar surface area (TPSA) is 38.7 Å². The molecule has 0 aliphatic rings. The number of ether oxygens (including phenoxy) is 2. The monoisotopic (exact) mass is 176 g/mol. The van der Waals surface area contributed by atoms with Crippen molar-refractivity contribution >= 4 is 0 Å². The molecular weight excluding hydrogens is 156 g/mol. The van der Waals surface area contributed by atoms with E-state index in [2.05, 4.69) is 6.92 Å². The molecule has 0 rings (SSSR count). The third kappa shape index (κ3) is 4.70. The molecule has 1 N–H and O–H groups in total. The lowest BCUT2D eigenvalue weighted by atomic mass is 10.1. The third-order valence-electron chi connectivity index (χ3n) is 1.88. The lowest BCUT2D eigenvalue weighted by Crippen LogP contribution is -2.34. The summed E-state index contributed by atoms with van der Waals surface area (Å²) in [7, 11) is 0. The summed E-state index contributed by atoms with van der Waals surface area (Å²) in [5, 5.41) is 8.50. The Kier molecular flexibility index (Phi) is 6.34. The molecule has 0 bridgehead atoms. The van der Waals surface area contributed by atoms with Gasteiger partial charge in [-0.1, -0.05) is 6.92 Å². The van der Waals surface area contributed by atoms with Crippen LogP contribution < -0.4 is 0 Å². The van der Waals surface area contributed by atoms with E-state index in [1.54, 1.807) is 0 Å². The maximum atomic E-state index is 8.50. The second-order valence-corrected chi connectivity index (χ2v) is 3.01. The first-order chi connectivity index (χ1) is 5.68.